The fraction of sp³-hybridized carbons (Fsp3) is 0.833. The molecular weight excluding hydrogens is 621 g/mol. The Balaban J connectivity index is 4.72. The summed E-state index contributed by atoms with van der Waals surface area (Å²) in [5.74, 6) is 1.23. The number of ether oxygens (including phenoxy) is 1. The van der Waals surface area contributed by atoms with Crippen LogP contribution in [0.1, 0.15) is 197 Å². The molecule has 0 aliphatic carbocycles. The van der Waals surface area contributed by atoms with Crippen molar-refractivity contribution in [1.29, 1.82) is 0 Å². The first-order valence-electron chi connectivity index (χ1n) is 22.7. The van der Waals surface area contributed by atoms with Crippen LogP contribution in [0.4, 0.5) is 0 Å². The summed E-state index contributed by atoms with van der Waals surface area (Å²) in [6, 6.07) is 1.15. The van der Waals surface area contributed by atoms with Gasteiger partial charge < -0.3 is 14.5 Å². The molecule has 3 heteroatoms. The minimum Gasteiger partial charge on any atom is -0.381 e. The maximum atomic E-state index is 6.74. The number of allylic oxidation sites excluding steroid dienone is 8. The second kappa shape index (κ2) is 38.6. The van der Waals surface area contributed by atoms with Gasteiger partial charge in [-0.3, -0.25) is 0 Å². The first-order chi connectivity index (χ1) is 25.0. The summed E-state index contributed by atoms with van der Waals surface area (Å²) in [5.41, 5.74) is 0. The Bertz CT molecular complexity index is 742. The molecule has 0 aliphatic heterocycles. The highest BCUT2D eigenvalue weighted by Crippen LogP contribution is 2.23. The Kier molecular flexibility index (Phi) is 37.7. The Labute approximate surface area is 322 Å². The van der Waals surface area contributed by atoms with Gasteiger partial charge in [-0.05, 0) is 129 Å². The van der Waals surface area contributed by atoms with Crippen molar-refractivity contribution in [2.45, 2.75) is 209 Å². The van der Waals surface area contributed by atoms with Gasteiger partial charge in [0.25, 0.3) is 0 Å². The molecule has 0 fully saturated rings. The van der Waals surface area contributed by atoms with E-state index >= 15 is 0 Å². The molecule has 0 N–H and O–H groups in total. The topological polar surface area (TPSA) is 15.7 Å². The Morgan fingerprint density at radius 2 is 0.706 bits per heavy atom. The molecule has 300 valence electrons. The maximum absolute atomic E-state index is 6.74. The van der Waals surface area contributed by atoms with Crippen LogP contribution in [0.5, 0.6) is 0 Å². The second-order valence-corrected chi connectivity index (χ2v) is 15.3. The SMILES string of the molecule is CCCCC/C=C\C/C=C\CCCCCCC(COCC(CCCCCC/C=C\C/C=C\CCCCC)C(C)N(CC)CC)C(C)N(CC)CC. The van der Waals surface area contributed by atoms with Gasteiger partial charge in [0.15, 0.2) is 0 Å². The molecule has 0 amide bonds. The normalized spacial score (nSPS) is 15.1. The molecule has 0 aromatic rings. The van der Waals surface area contributed by atoms with Crippen LogP contribution in [-0.4, -0.2) is 61.3 Å². The summed E-state index contributed by atoms with van der Waals surface area (Å²) in [6.07, 6.45) is 47.4. The summed E-state index contributed by atoms with van der Waals surface area (Å²) in [7, 11) is 0. The van der Waals surface area contributed by atoms with Gasteiger partial charge in [0.05, 0.1) is 13.2 Å². The van der Waals surface area contributed by atoms with E-state index in [2.05, 4.69) is 114 Å². The van der Waals surface area contributed by atoms with Gasteiger partial charge in [0, 0.05) is 12.1 Å². The minimum atomic E-state index is 0.576. The van der Waals surface area contributed by atoms with E-state index < -0.39 is 0 Å². The van der Waals surface area contributed by atoms with Gasteiger partial charge in [-0.15, -0.1) is 0 Å². The summed E-state index contributed by atoms with van der Waals surface area (Å²) in [6.45, 7) is 25.1. The molecule has 0 saturated carbocycles. The van der Waals surface area contributed by atoms with Crippen molar-refractivity contribution in [3.63, 3.8) is 0 Å². The van der Waals surface area contributed by atoms with Crippen LogP contribution in [0.2, 0.25) is 0 Å². The number of hydrogen-bond acceptors (Lipinski definition) is 3. The molecule has 3 nitrogen and oxygen atoms in total. The summed E-state index contributed by atoms with van der Waals surface area (Å²) >= 11 is 0. The quantitative estimate of drug-likeness (QED) is 0.0468. The lowest BCUT2D eigenvalue weighted by Gasteiger charge is -2.35. The molecule has 0 bridgehead atoms. The molecule has 0 aromatic heterocycles. The number of rotatable bonds is 38. The zero-order chi connectivity index (χ0) is 37.6. The van der Waals surface area contributed by atoms with Gasteiger partial charge in [-0.1, -0.05) is 154 Å². The fourth-order valence-electron chi connectivity index (χ4n) is 7.58. The van der Waals surface area contributed by atoms with E-state index in [1.807, 2.05) is 0 Å². The molecule has 4 unspecified atom stereocenters. The molecule has 0 saturated heterocycles. The first kappa shape index (κ1) is 49.8. The molecule has 4 atom stereocenters. The molecular formula is C48H92N2O. The lowest BCUT2D eigenvalue weighted by atomic mass is 9.92. The lowest BCUT2D eigenvalue weighted by Crippen LogP contribution is -2.42. The van der Waals surface area contributed by atoms with Crippen LogP contribution in [0.3, 0.4) is 0 Å². The Morgan fingerprint density at radius 1 is 0.392 bits per heavy atom. The van der Waals surface area contributed by atoms with Crippen molar-refractivity contribution >= 4 is 0 Å². The zero-order valence-corrected chi connectivity index (χ0v) is 36.0. The second-order valence-electron chi connectivity index (χ2n) is 15.3. The fourth-order valence-corrected chi connectivity index (χ4v) is 7.58. The highest BCUT2D eigenvalue weighted by molar-refractivity contribution is 4.93. The molecule has 0 aromatic carbocycles. The van der Waals surface area contributed by atoms with Gasteiger partial charge in [-0.2, -0.15) is 0 Å². The standard InChI is InChI=1S/C48H92N2O/c1-9-15-17-19-21-23-25-27-29-31-33-35-37-39-41-47(45(7)49(11-3)12-4)43-51-44-48(46(8)50(13-5)14-6)42-40-38-36-34-32-30-28-26-24-22-20-18-16-10-2/h21-24,27-30,45-48H,9-20,25-26,31-44H2,1-8H3/b23-21-,24-22-,29-27-,30-28-. The molecule has 51 heavy (non-hydrogen) atoms. The van der Waals surface area contributed by atoms with Crippen LogP contribution in [0.15, 0.2) is 48.6 Å². The summed E-state index contributed by atoms with van der Waals surface area (Å²) in [4.78, 5) is 5.29. The van der Waals surface area contributed by atoms with Crippen LogP contribution >= 0.6 is 0 Å². The molecule has 0 spiro atoms. The third kappa shape index (κ3) is 28.9. The van der Waals surface area contributed by atoms with Crippen LogP contribution in [0.25, 0.3) is 0 Å². The van der Waals surface area contributed by atoms with E-state index in [1.165, 1.54) is 128 Å². The molecule has 0 heterocycles. The van der Waals surface area contributed by atoms with Crippen molar-refractivity contribution < 1.29 is 4.74 Å². The van der Waals surface area contributed by atoms with Gasteiger partial charge >= 0.3 is 0 Å². The average Bonchev–Trinajstić information content (AvgIpc) is 3.14. The highest BCUT2D eigenvalue weighted by atomic mass is 16.5. The monoisotopic (exact) mass is 713 g/mol. The van der Waals surface area contributed by atoms with Crippen molar-refractivity contribution in [3.05, 3.63) is 48.6 Å². The lowest BCUT2D eigenvalue weighted by molar-refractivity contribution is 0.0134. The van der Waals surface area contributed by atoms with Gasteiger partial charge in [0.2, 0.25) is 0 Å². The largest absolute Gasteiger partial charge is 0.381 e. The van der Waals surface area contributed by atoms with E-state index in [0.717, 1.165) is 52.2 Å². The van der Waals surface area contributed by atoms with E-state index in [9.17, 15) is 0 Å². The molecule has 0 radical (unpaired) electrons. The van der Waals surface area contributed by atoms with Crippen LogP contribution < -0.4 is 0 Å². The minimum absolute atomic E-state index is 0.576. The number of nitrogens with zero attached hydrogens (tertiary/aromatic N) is 2. The third-order valence-electron chi connectivity index (χ3n) is 11.4. The first-order valence-corrected chi connectivity index (χ1v) is 22.7. The van der Waals surface area contributed by atoms with E-state index in [0.29, 0.717) is 23.9 Å². The summed E-state index contributed by atoms with van der Waals surface area (Å²) < 4.78 is 6.74. The summed E-state index contributed by atoms with van der Waals surface area (Å²) in [5, 5.41) is 0. The Morgan fingerprint density at radius 3 is 1.02 bits per heavy atom. The van der Waals surface area contributed by atoms with Crippen LogP contribution in [-0.2, 0) is 4.74 Å². The predicted octanol–water partition coefficient (Wildman–Crippen LogP) is 14.5. The van der Waals surface area contributed by atoms with E-state index in [4.69, 9.17) is 4.74 Å². The number of unbranched alkanes of at least 4 members (excludes halogenated alkanes) is 14. The van der Waals surface area contributed by atoms with Gasteiger partial charge in [0.1, 0.15) is 0 Å². The smallest absolute Gasteiger partial charge is 0.0509 e. The van der Waals surface area contributed by atoms with E-state index in [1.54, 1.807) is 0 Å². The van der Waals surface area contributed by atoms with Crippen molar-refractivity contribution in [3.8, 4) is 0 Å². The predicted molar refractivity (Wildman–Crippen MR) is 232 cm³/mol. The molecule has 0 aliphatic rings. The highest BCUT2D eigenvalue weighted by Gasteiger charge is 2.25. The maximum Gasteiger partial charge on any atom is 0.0509 e. The Hall–Kier alpha value is -1.16. The zero-order valence-electron chi connectivity index (χ0n) is 36.0. The molecule has 0 rings (SSSR count). The third-order valence-corrected chi connectivity index (χ3v) is 11.4. The van der Waals surface area contributed by atoms with Crippen molar-refractivity contribution in [2.24, 2.45) is 11.8 Å². The average molecular weight is 713 g/mol. The van der Waals surface area contributed by atoms with Gasteiger partial charge in [-0.25, -0.2) is 0 Å². The number of hydrogen-bond donors (Lipinski definition) is 0. The van der Waals surface area contributed by atoms with Crippen molar-refractivity contribution in [2.75, 3.05) is 39.4 Å². The van der Waals surface area contributed by atoms with Crippen molar-refractivity contribution in [1.82, 2.24) is 9.80 Å². The van der Waals surface area contributed by atoms with E-state index in [-0.39, 0.29) is 0 Å². The van der Waals surface area contributed by atoms with Crippen LogP contribution in [0, 0.1) is 11.8 Å².